The third-order valence-corrected chi connectivity index (χ3v) is 3.82. The highest BCUT2D eigenvalue weighted by molar-refractivity contribution is 6.29. The van der Waals surface area contributed by atoms with Crippen LogP contribution in [0.4, 0.5) is 0 Å². The Kier molecular flexibility index (Phi) is 3.44. The number of hydrogen-bond donors (Lipinski definition) is 1. The molecule has 0 saturated carbocycles. The van der Waals surface area contributed by atoms with Crippen LogP contribution in [-0.4, -0.2) is 38.0 Å². The minimum atomic E-state index is -0.463. The first-order valence-electron chi connectivity index (χ1n) is 6.78. The van der Waals surface area contributed by atoms with E-state index in [1.807, 2.05) is 0 Å². The smallest absolute Gasteiger partial charge is 0.229 e. The molecule has 3 rings (SSSR count). The van der Waals surface area contributed by atoms with Crippen LogP contribution in [-0.2, 0) is 4.74 Å². The molecule has 1 aliphatic rings. The molecule has 1 N–H and O–H groups in total. The minimum Gasteiger partial charge on any atom is -0.504 e. The molecule has 118 valence electrons. The van der Waals surface area contributed by atoms with E-state index in [9.17, 15) is 14.7 Å². The number of hydrogen-bond acceptors (Lipinski definition) is 6. The summed E-state index contributed by atoms with van der Waals surface area (Å²) in [6.45, 7) is 0. The molecule has 0 heterocycles. The lowest BCUT2D eigenvalue weighted by atomic mass is 9.88. The summed E-state index contributed by atoms with van der Waals surface area (Å²) in [7, 11) is 4.14. The predicted molar refractivity (Wildman–Crippen MR) is 82.5 cm³/mol. The van der Waals surface area contributed by atoms with Gasteiger partial charge in [-0.1, -0.05) is 6.07 Å². The third-order valence-electron chi connectivity index (χ3n) is 3.82. The Morgan fingerprint density at radius 1 is 1.00 bits per heavy atom. The first-order chi connectivity index (χ1) is 11.0. The van der Waals surface area contributed by atoms with Crippen LogP contribution in [0.2, 0.25) is 0 Å². The molecule has 0 aromatic heterocycles. The third kappa shape index (κ3) is 2.03. The van der Waals surface area contributed by atoms with Gasteiger partial charge in [-0.2, -0.15) is 0 Å². The summed E-state index contributed by atoms with van der Waals surface area (Å²) < 4.78 is 15.3. The summed E-state index contributed by atoms with van der Waals surface area (Å²) in [6.07, 6.45) is 1.15. The number of carbonyl (C=O) groups is 2. The second-order valence-electron chi connectivity index (χ2n) is 4.95. The van der Waals surface area contributed by atoms with Gasteiger partial charge >= 0.3 is 0 Å². The molecular weight excluding hydrogens is 300 g/mol. The number of Topliss-reactive ketones (excluding diaryl/α,β-unsaturated/α-hetero) is 1. The Morgan fingerprint density at radius 2 is 1.74 bits per heavy atom. The number of fused-ring (bicyclic) bond motifs is 3. The number of carbonyl (C=O) groups excluding carboxylic acids is 2. The van der Waals surface area contributed by atoms with E-state index in [1.54, 1.807) is 18.2 Å². The van der Waals surface area contributed by atoms with E-state index in [2.05, 4.69) is 0 Å². The van der Waals surface area contributed by atoms with E-state index in [1.165, 1.54) is 21.3 Å². The highest BCUT2D eigenvalue weighted by atomic mass is 16.5. The highest BCUT2D eigenvalue weighted by Crippen LogP contribution is 2.45. The second-order valence-corrected chi connectivity index (χ2v) is 4.95. The van der Waals surface area contributed by atoms with Gasteiger partial charge in [-0.15, -0.1) is 0 Å². The largest absolute Gasteiger partial charge is 0.504 e. The van der Waals surface area contributed by atoms with Crippen molar-refractivity contribution in [3.05, 3.63) is 41.2 Å². The predicted octanol–water partition coefficient (Wildman–Crippen LogP) is 2.47. The lowest BCUT2D eigenvalue weighted by Gasteiger charge is -2.19. The quantitative estimate of drug-likeness (QED) is 0.937. The van der Waals surface area contributed by atoms with Gasteiger partial charge in [-0.25, -0.2) is 0 Å². The van der Waals surface area contributed by atoms with Gasteiger partial charge in [0.1, 0.15) is 0 Å². The standard InChI is InChI=1S/C17H14O6/c1-21-11-7-10(18)9-5-4-8-6-12(22-2)17(23-3)16(20)13(8)14(9)15(11)19/h4-7,20H,1-3H3. The molecule has 0 saturated heterocycles. The van der Waals surface area contributed by atoms with Gasteiger partial charge in [0.2, 0.25) is 11.5 Å². The topological polar surface area (TPSA) is 82.1 Å². The fraction of sp³-hybridized carbons (Fsp3) is 0.176. The zero-order valence-electron chi connectivity index (χ0n) is 12.8. The number of phenols is 1. The van der Waals surface area contributed by atoms with Gasteiger partial charge in [0, 0.05) is 22.6 Å². The van der Waals surface area contributed by atoms with Crippen LogP contribution >= 0.6 is 0 Å². The summed E-state index contributed by atoms with van der Waals surface area (Å²) in [6, 6.07) is 4.83. The lowest BCUT2D eigenvalue weighted by Crippen LogP contribution is -2.18. The van der Waals surface area contributed by atoms with Gasteiger partial charge in [-0.05, 0) is 17.5 Å². The Bertz CT molecular complexity index is 879. The van der Waals surface area contributed by atoms with E-state index < -0.39 is 5.78 Å². The van der Waals surface area contributed by atoms with Gasteiger partial charge in [0.15, 0.2) is 23.0 Å². The maximum atomic E-state index is 12.6. The van der Waals surface area contributed by atoms with Crippen molar-refractivity contribution in [3.8, 4) is 17.2 Å². The Hall–Kier alpha value is -3.02. The molecule has 0 spiro atoms. The van der Waals surface area contributed by atoms with Crippen molar-refractivity contribution in [2.45, 2.75) is 0 Å². The fourth-order valence-electron chi connectivity index (χ4n) is 2.76. The molecule has 1 aliphatic carbocycles. The van der Waals surface area contributed by atoms with E-state index in [0.29, 0.717) is 11.1 Å². The zero-order valence-corrected chi connectivity index (χ0v) is 12.8. The van der Waals surface area contributed by atoms with Crippen molar-refractivity contribution >= 4 is 22.3 Å². The molecule has 2 aromatic rings. The van der Waals surface area contributed by atoms with Crippen molar-refractivity contribution in [1.29, 1.82) is 0 Å². The van der Waals surface area contributed by atoms with Crippen LogP contribution in [0.1, 0.15) is 20.7 Å². The minimum absolute atomic E-state index is 0.0656. The van der Waals surface area contributed by atoms with E-state index in [0.717, 1.165) is 6.08 Å². The van der Waals surface area contributed by atoms with Crippen molar-refractivity contribution in [2.75, 3.05) is 21.3 Å². The Labute approximate surface area is 131 Å². The number of phenolic OH excluding ortho intramolecular Hbond substituents is 1. The molecule has 2 aromatic carbocycles. The highest BCUT2D eigenvalue weighted by Gasteiger charge is 2.31. The number of rotatable bonds is 3. The van der Waals surface area contributed by atoms with Gasteiger partial charge in [0.05, 0.1) is 21.3 Å². The summed E-state index contributed by atoms with van der Waals surface area (Å²) >= 11 is 0. The molecule has 6 heteroatoms. The average Bonchev–Trinajstić information content (AvgIpc) is 2.56. The summed E-state index contributed by atoms with van der Waals surface area (Å²) in [5.74, 6) is -0.708. The second kappa shape index (κ2) is 5.31. The number of aromatic hydroxyl groups is 1. The molecular formula is C17H14O6. The molecule has 0 atom stereocenters. The van der Waals surface area contributed by atoms with E-state index in [-0.39, 0.29) is 39.6 Å². The lowest BCUT2D eigenvalue weighted by molar-refractivity contribution is 0.0918. The van der Waals surface area contributed by atoms with Crippen LogP contribution < -0.4 is 9.47 Å². The van der Waals surface area contributed by atoms with E-state index >= 15 is 0 Å². The molecule has 0 amide bonds. The van der Waals surface area contributed by atoms with Gasteiger partial charge in [0.25, 0.3) is 0 Å². The maximum Gasteiger partial charge on any atom is 0.229 e. The van der Waals surface area contributed by atoms with Crippen molar-refractivity contribution < 1.29 is 28.9 Å². The maximum absolute atomic E-state index is 12.6. The molecule has 0 aliphatic heterocycles. The van der Waals surface area contributed by atoms with Crippen LogP contribution in [0, 0.1) is 0 Å². The Morgan fingerprint density at radius 3 is 2.35 bits per heavy atom. The Balaban J connectivity index is 2.44. The van der Waals surface area contributed by atoms with Gasteiger partial charge in [-0.3, -0.25) is 9.59 Å². The molecule has 6 nitrogen and oxygen atoms in total. The summed E-state index contributed by atoms with van der Waals surface area (Å²) in [5.41, 5.74) is 0.316. The van der Waals surface area contributed by atoms with E-state index in [4.69, 9.17) is 14.2 Å². The molecule has 23 heavy (non-hydrogen) atoms. The molecule has 0 bridgehead atoms. The van der Waals surface area contributed by atoms with Gasteiger partial charge < -0.3 is 19.3 Å². The van der Waals surface area contributed by atoms with Crippen molar-refractivity contribution in [1.82, 2.24) is 0 Å². The normalized spacial score (nSPS) is 13.6. The average molecular weight is 314 g/mol. The number of allylic oxidation sites excluding steroid dienone is 2. The SMILES string of the molecule is COC1=CC(=O)c2ccc3cc(OC)c(OC)c(O)c3c2C1=O. The van der Waals surface area contributed by atoms with Crippen molar-refractivity contribution in [3.63, 3.8) is 0 Å². The monoisotopic (exact) mass is 314 g/mol. The number of methoxy groups -OCH3 is 3. The molecule has 0 fully saturated rings. The molecule has 0 unspecified atom stereocenters. The van der Waals surface area contributed by atoms with Crippen LogP contribution in [0.3, 0.4) is 0 Å². The number of benzene rings is 2. The van der Waals surface area contributed by atoms with Crippen LogP contribution in [0.25, 0.3) is 10.8 Å². The van der Waals surface area contributed by atoms with Crippen molar-refractivity contribution in [2.24, 2.45) is 0 Å². The first-order valence-corrected chi connectivity index (χ1v) is 6.78. The fourth-order valence-corrected chi connectivity index (χ4v) is 2.76. The number of ketones is 2. The zero-order chi connectivity index (χ0) is 16.7. The van der Waals surface area contributed by atoms with Crippen LogP contribution in [0.15, 0.2) is 30.0 Å². The number of ether oxygens (including phenoxy) is 3. The summed E-state index contributed by atoms with van der Waals surface area (Å²) in [4.78, 5) is 24.8. The first kappa shape index (κ1) is 14.9. The molecule has 0 radical (unpaired) electrons. The summed E-state index contributed by atoms with van der Waals surface area (Å²) in [5, 5.41) is 11.3. The van der Waals surface area contributed by atoms with Crippen LogP contribution in [0.5, 0.6) is 17.2 Å².